The number of anilines is 1. The molecule has 0 fully saturated rings. The lowest BCUT2D eigenvalue weighted by atomic mass is 10.1. The van der Waals surface area contributed by atoms with Gasteiger partial charge in [-0.15, -0.1) is 0 Å². The Bertz CT molecular complexity index is 900. The first-order chi connectivity index (χ1) is 13.7. The summed E-state index contributed by atoms with van der Waals surface area (Å²) in [5, 5.41) is 11.8. The van der Waals surface area contributed by atoms with E-state index in [2.05, 4.69) is 10.3 Å². The van der Waals surface area contributed by atoms with Crippen molar-refractivity contribution in [3.8, 4) is 17.0 Å². The summed E-state index contributed by atoms with van der Waals surface area (Å²) in [4.78, 5) is 27.2. The summed E-state index contributed by atoms with van der Waals surface area (Å²) in [5.41, 5.74) is 1.59. The van der Waals surface area contributed by atoms with Gasteiger partial charge in [0, 0.05) is 11.6 Å². The zero-order valence-electron chi connectivity index (χ0n) is 17.1. The van der Waals surface area contributed by atoms with Gasteiger partial charge < -0.3 is 19.9 Å². The number of rotatable bonds is 8. The standard InChI is InChI=1S/C22H26N2O5/c1-5-28-18-13-15(10-12-20(25)26)9-11-16(18)17-7-6-8-19(24-17)23-14-21(27)29-22(2,3)4/h6-13H,5,14H2,1-4H3,(H,23,24)(H,25,26)/b12-10+. The number of nitrogens with one attached hydrogen (secondary N) is 1. The topological polar surface area (TPSA) is 97.8 Å². The number of hydrogen-bond acceptors (Lipinski definition) is 6. The average Bonchev–Trinajstić information content (AvgIpc) is 2.64. The van der Waals surface area contributed by atoms with Crippen LogP contribution in [-0.4, -0.2) is 40.8 Å². The van der Waals surface area contributed by atoms with Crippen LogP contribution in [0.1, 0.15) is 33.3 Å². The maximum Gasteiger partial charge on any atom is 0.328 e. The molecule has 29 heavy (non-hydrogen) atoms. The van der Waals surface area contributed by atoms with Crippen LogP contribution in [0, 0.1) is 0 Å². The number of nitrogens with zero attached hydrogens (tertiary/aromatic N) is 1. The molecule has 0 aliphatic carbocycles. The molecule has 0 saturated heterocycles. The van der Waals surface area contributed by atoms with Gasteiger partial charge in [-0.1, -0.05) is 12.1 Å². The van der Waals surface area contributed by atoms with Crippen LogP contribution in [0.15, 0.2) is 42.5 Å². The summed E-state index contributed by atoms with van der Waals surface area (Å²) < 4.78 is 11.0. The van der Waals surface area contributed by atoms with Crippen molar-refractivity contribution in [1.82, 2.24) is 4.98 Å². The Hall–Kier alpha value is -3.35. The van der Waals surface area contributed by atoms with E-state index in [9.17, 15) is 9.59 Å². The molecule has 0 radical (unpaired) electrons. The molecule has 0 aliphatic heterocycles. The number of pyridine rings is 1. The molecule has 0 saturated carbocycles. The van der Waals surface area contributed by atoms with Crippen LogP contribution in [0.4, 0.5) is 5.82 Å². The molecule has 2 N–H and O–H groups in total. The summed E-state index contributed by atoms with van der Waals surface area (Å²) in [7, 11) is 0. The van der Waals surface area contributed by atoms with E-state index >= 15 is 0 Å². The number of carbonyl (C=O) groups excluding carboxylic acids is 1. The molecule has 7 nitrogen and oxygen atoms in total. The Kier molecular flexibility index (Phi) is 7.36. The minimum absolute atomic E-state index is 0.00492. The third-order valence-corrected chi connectivity index (χ3v) is 3.58. The Morgan fingerprint density at radius 2 is 1.97 bits per heavy atom. The van der Waals surface area contributed by atoms with Gasteiger partial charge in [-0.25, -0.2) is 9.78 Å². The van der Waals surface area contributed by atoms with Gasteiger partial charge >= 0.3 is 11.9 Å². The zero-order chi connectivity index (χ0) is 21.4. The summed E-state index contributed by atoms with van der Waals surface area (Å²) in [6, 6.07) is 10.8. The lowest BCUT2D eigenvalue weighted by Gasteiger charge is -2.19. The molecule has 1 heterocycles. The highest BCUT2D eigenvalue weighted by molar-refractivity contribution is 5.85. The largest absolute Gasteiger partial charge is 0.493 e. The molecule has 0 atom stereocenters. The van der Waals surface area contributed by atoms with Crippen LogP contribution < -0.4 is 10.1 Å². The SMILES string of the molecule is CCOc1cc(/C=C/C(=O)O)ccc1-c1cccc(NCC(=O)OC(C)(C)C)n1. The second-order valence-corrected chi connectivity index (χ2v) is 7.21. The Balaban J connectivity index is 2.22. The van der Waals surface area contributed by atoms with Crippen molar-refractivity contribution in [3.05, 3.63) is 48.0 Å². The van der Waals surface area contributed by atoms with Crippen LogP contribution >= 0.6 is 0 Å². The predicted octanol–water partition coefficient (Wildman–Crippen LogP) is 4.00. The van der Waals surface area contributed by atoms with Crippen LogP contribution in [0.5, 0.6) is 5.75 Å². The van der Waals surface area contributed by atoms with Crippen LogP contribution in [0.3, 0.4) is 0 Å². The number of aromatic nitrogens is 1. The molecule has 1 aromatic carbocycles. The first kappa shape index (κ1) is 21.9. The third-order valence-electron chi connectivity index (χ3n) is 3.58. The fourth-order valence-corrected chi connectivity index (χ4v) is 2.52. The highest BCUT2D eigenvalue weighted by atomic mass is 16.6. The average molecular weight is 398 g/mol. The quantitative estimate of drug-likeness (QED) is 0.512. The van der Waals surface area contributed by atoms with E-state index in [0.717, 1.165) is 11.6 Å². The van der Waals surface area contributed by atoms with Crippen LogP contribution in [0.25, 0.3) is 17.3 Å². The van der Waals surface area contributed by atoms with Crippen molar-refractivity contribution in [3.63, 3.8) is 0 Å². The predicted molar refractivity (Wildman–Crippen MR) is 112 cm³/mol. The highest BCUT2D eigenvalue weighted by Gasteiger charge is 2.16. The molecule has 0 amide bonds. The van der Waals surface area contributed by atoms with E-state index in [1.807, 2.05) is 45.9 Å². The fraction of sp³-hybridized carbons (Fsp3) is 0.318. The van der Waals surface area contributed by atoms with E-state index in [-0.39, 0.29) is 12.5 Å². The summed E-state index contributed by atoms with van der Waals surface area (Å²) in [6.45, 7) is 7.77. The number of benzene rings is 1. The lowest BCUT2D eigenvalue weighted by molar-refractivity contribution is -0.152. The van der Waals surface area contributed by atoms with Gasteiger partial charge in [0.25, 0.3) is 0 Å². The third kappa shape index (κ3) is 7.29. The maximum absolute atomic E-state index is 11.9. The number of carbonyl (C=O) groups is 2. The normalized spacial score (nSPS) is 11.3. The first-order valence-electron chi connectivity index (χ1n) is 9.29. The maximum atomic E-state index is 11.9. The monoisotopic (exact) mass is 398 g/mol. The summed E-state index contributed by atoms with van der Waals surface area (Å²) in [5.74, 6) is -0.255. The molecule has 7 heteroatoms. The minimum Gasteiger partial charge on any atom is -0.493 e. The summed E-state index contributed by atoms with van der Waals surface area (Å²) in [6.07, 6.45) is 2.57. The molecule has 0 spiro atoms. The second-order valence-electron chi connectivity index (χ2n) is 7.21. The minimum atomic E-state index is -1.02. The number of esters is 1. The van der Waals surface area contributed by atoms with Crippen LogP contribution in [-0.2, 0) is 14.3 Å². The van der Waals surface area contributed by atoms with Crippen molar-refractivity contribution >= 4 is 23.8 Å². The number of aliphatic carboxylic acids is 1. The van der Waals surface area contributed by atoms with Gasteiger partial charge in [0.05, 0.1) is 12.3 Å². The second kappa shape index (κ2) is 9.73. The van der Waals surface area contributed by atoms with Gasteiger partial charge in [0.2, 0.25) is 0 Å². The van der Waals surface area contributed by atoms with Gasteiger partial charge in [0.15, 0.2) is 0 Å². The Labute approximate surface area is 170 Å². The number of carboxylic acid groups (broad SMARTS) is 1. The molecule has 2 rings (SSSR count). The van der Waals surface area contributed by atoms with E-state index < -0.39 is 11.6 Å². The molecule has 0 aliphatic rings. The van der Waals surface area contributed by atoms with E-state index in [4.69, 9.17) is 14.6 Å². The van der Waals surface area contributed by atoms with Crippen LogP contribution in [0.2, 0.25) is 0 Å². The van der Waals surface area contributed by atoms with Gasteiger partial charge in [-0.3, -0.25) is 4.79 Å². The zero-order valence-corrected chi connectivity index (χ0v) is 17.1. The van der Waals surface area contributed by atoms with E-state index in [1.54, 1.807) is 18.2 Å². The first-order valence-corrected chi connectivity index (χ1v) is 9.29. The van der Waals surface area contributed by atoms with Crippen molar-refractivity contribution in [2.75, 3.05) is 18.5 Å². The summed E-state index contributed by atoms with van der Waals surface area (Å²) >= 11 is 0. The van der Waals surface area contributed by atoms with Gasteiger partial charge in [-0.2, -0.15) is 0 Å². The fourth-order valence-electron chi connectivity index (χ4n) is 2.52. The van der Waals surface area contributed by atoms with E-state index in [1.165, 1.54) is 6.08 Å². The van der Waals surface area contributed by atoms with Crippen molar-refractivity contribution < 1.29 is 24.2 Å². The number of hydrogen-bond donors (Lipinski definition) is 2. The molecule has 2 aromatic rings. The molecule has 1 aromatic heterocycles. The van der Waals surface area contributed by atoms with Crippen molar-refractivity contribution in [2.24, 2.45) is 0 Å². The molecule has 0 bridgehead atoms. The molecule has 0 unspecified atom stereocenters. The van der Waals surface area contributed by atoms with Crippen molar-refractivity contribution in [2.45, 2.75) is 33.3 Å². The smallest absolute Gasteiger partial charge is 0.328 e. The lowest BCUT2D eigenvalue weighted by Crippen LogP contribution is -2.28. The van der Waals surface area contributed by atoms with Gasteiger partial charge in [0.1, 0.15) is 23.7 Å². The Morgan fingerprint density at radius 1 is 1.21 bits per heavy atom. The number of ether oxygens (including phenoxy) is 2. The Morgan fingerprint density at radius 3 is 2.62 bits per heavy atom. The van der Waals surface area contributed by atoms with Gasteiger partial charge in [-0.05, 0) is 63.6 Å². The number of carboxylic acids is 1. The highest BCUT2D eigenvalue weighted by Crippen LogP contribution is 2.31. The van der Waals surface area contributed by atoms with Crippen molar-refractivity contribution in [1.29, 1.82) is 0 Å². The molecule has 154 valence electrons. The molecular formula is C22H26N2O5. The van der Waals surface area contributed by atoms with E-state index in [0.29, 0.717) is 29.4 Å². The molecular weight excluding hydrogens is 372 g/mol.